The molecule has 0 saturated carbocycles. The molecule has 3 aromatic rings. The summed E-state index contributed by atoms with van der Waals surface area (Å²) in [6.45, 7) is 1.03. The van der Waals surface area contributed by atoms with Crippen molar-refractivity contribution >= 4 is 12.4 Å². The maximum absolute atomic E-state index is 13.4. The molecule has 0 spiro atoms. The molecule has 0 radical (unpaired) electrons. The van der Waals surface area contributed by atoms with Crippen LogP contribution in [0.1, 0.15) is 23.7 Å². The van der Waals surface area contributed by atoms with Crippen LogP contribution in [0.5, 0.6) is 0 Å². The summed E-state index contributed by atoms with van der Waals surface area (Å²) in [6, 6.07) is 21.8. The number of nitrogens with zero attached hydrogens (tertiary/aromatic N) is 1. The molecule has 0 aromatic heterocycles. The van der Waals surface area contributed by atoms with Crippen molar-refractivity contribution in [2.75, 3.05) is 27.7 Å². The Labute approximate surface area is 185 Å². The maximum atomic E-state index is 13.4. The van der Waals surface area contributed by atoms with Gasteiger partial charge in [-0.25, -0.2) is 4.39 Å². The predicted octanol–water partition coefficient (Wildman–Crippen LogP) is 6.39. The number of hydrogen-bond acceptors (Lipinski definition) is 2. The molecule has 0 heterocycles. The summed E-state index contributed by atoms with van der Waals surface area (Å²) >= 11 is 0. The second kappa shape index (κ2) is 9.74. The lowest BCUT2D eigenvalue weighted by Crippen LogP contribution is -2.31. The number of rotatable bonds is 5. The first-order valence-corrected chi connectivity index (χ1v) is 10.2. The number of fused-ring (bicyclic) bond motifs is 1. The van der Waals surface area contributed by atoms with Crippen LogP contribution in [0.25, 0.3) is 22.3 Å². The average Bonchev–Trinajstić information content (AvgIpc) is 2.73. The Morgan fingerprint density at radius 1 is 0.933 bits per heavy atom. The lowest BCUT2D eigenvalue weighted by Gasteiger charge is -2.34. The molecule has 0 fully saturated rings. The molecule has 3 aromatic carbocycles. The minimum Gasteiger partial charge on any atom is -0.376 e. The van der Waals surface area contributed by atoms with E-state index in [4.69, 9.17) is 4.74 Å². The third kappa shape index (κ3) is 4.59. The lowest BCUT2D eigenvalue weighted by molar-refractivity contribution is 0.0299. The largest absolute Gasteiger partial charge is 0.376 e. The number of ether oxygens (including phenoxy) is 1. The highest BCUT2D eigenvalue weighted by molar-refractivity contribution is 5.85. The lowest BCUT2D eigenvalue weighted by atomic mass is 9.79. The van der Waals surface area contributed by atoms with Gasteiger partial charge >= 0.3 is 0 Å². The van der Waals surface area contributed by atoms with Gasteiger partial charge in [0.15, 0.2) is 0 Å². The maximum Gasteiger partial charge on any atom is 0.123 e. The molecular weight excluding hydrogens is 397 g/mol. The van der Waals surface area contributed by atoms with Crippen LogP contribution in [0, 0.1) is 11.7 Å². The topological polar surface area (TPSA) is 12.5 Å². The van der Waals surface area contributed by atoms with Crippen LogP contribution >= 0.6 is 12.4 Å². The van der Waals surface area contributed by atoms with Crippen LogP contribution in [0.15, 0.2) is 66.7 Å². The van der Waals surface area contributed by atoms with E-state index in [-0.39, 0.29) is 24.3 Å². The minimum atomic E-state index is -0.210. The third-order valence-electron chi connectivity index (χ3n) is 5.91. The molecule has 2 atom stereocenters. The summed E-state index contributed by atoms with van der Waals surface area (Å²) in [6.07, 6.45) is 2.34. The fraction of sp³-hybridized carbons (Fsp3) is 0.308. The van der Waals surface area contributed by atoms with Gasteiger partial charge in [0.1, 0.15) is 5.82 Å². The summed E-state index contributed by atoms with van der Waals surface area (Å²) in [5.74, 6) is 0.303. The molecule has 4 rings (SSSR count). The van der Waals surface area contributed by atoms with Gasteiger partial charge in [-0.05, 0) is 72.5 Å². The zero-order valence-electron chi connectivity index (χ0n) is 17.8. The van der Waals surface area contributed by atoms with Crippen molar-refractivity contribution in [3.8, 4) is 22.3 Å². The first-order chi connectivity index (χ1) is 14.1. The molecule has 30 heavy (non-hydrogen) atoms. The first-order valence-electron chi connectivity index (χ1n) is 10.2. The van der Waals surface area contributed by atoms with E-state index in [2.05, 4.69) is 55.4 Å². The quantitative estimate of drug-likeness (QED) is 0.469. The Kier molecular flexibility index (Phi) is 7.30. The molecule has 2 nitrogen and oxygen atoms in total. The van der Waals surface area contributed by atoms with Gasteiger partial charge in [-0.3, -0.25) is 0 Å². The van der Waals surface area contributed by atoms with Gasteiger partial charge in [-0.1, -0.05) is 54.6 Å². The fourth-order valence-electron chi connectivity index (χ4n) is 4.61. The van der Waals surface area contributed by atoms with Crippen LogP contribution in [0.4, 0.5) is 4.39 Å². The molecule has 1 aliphatic rings. The van der Waals surface area contributed by atoms with Crippen LogP contribution in [0.3, 0.4) is 0 Å². The van der Waals surface area contributed by atoms with E-state index >= 15 is 0 Å². The number of benzene rings is 3. The third-order valence-corrected chi connectivity index (χ3v) is 5.91. The van der Waals surface area contributed by atoms with Crippen molar-refractivity contribution in [2.45, 2.75) is 18.9 Å². The molecule has 0 N–H and O–H groups in total. The molecule has 158 valence electrons. The summed E-state index contributed by atoms with van der Waals surface area (Å²) in [7, 11) is 6.07. The Balaban J connectivity index is 0.00000256. The molecule has 0 aliphatic heterocycles. The van der Waals surface area contributed by atoms with E-state index in [1.807, 2.05) is 25.3 Å². The monoisotopic (exact) mass is 425 g/mol. The predicted molar refractivity (Wildman–Crippen MR) is 125 cm³/mol. The van der Waals surface area contributed by atoms with E-state index in [9.17, 15) is 4.39 Å². The van der Waals surface area contributed by atoms with Crippen molar-refractivity contribution in [3.63, 3.8) is 0 Å². The van der Waals surface area contributed by atoms with Gasteiger partial charge in [-0.2, -0.15) is 0 Å². The Morgan fingerprint density at radius 2 is 1.57 bits per heavy atom. The van der Waals surface area contributed by atoms with Gasteiger partial charge in [0.2, 0.25) is 0 Å². The van der Waals surface area contributed by atoms with Gasteiger partial charge in [-0.15, -0.1) is 12.4 Å². The number of aryl methyl sites for hydroxylation is 1. The average molecular weight is 426 g/mol. The Hall–Kier alpha value is -2.20. The summed E-state index contributed by atoms with van der Waals surface area (Å²) in [4.78, 5) is 2.25. The highest BCUT2D eigenvalue weighted by Gasteiger charge is 2.30. The van der Waals surface area contributed by atoms with E-state index < -0.39 is 0 Å². The summed E-state index contributed by atoms with van der Waals surface area (Å²) in [5.41, 5.74) is 7.21. The first kappa shape index (κ1) is 22.5. The Bertz CT molecular complexity index is 987. The van der Waals surface area contributed by atoms with Crippen LogP contribution in [-0.4, -0.2) is 32.6 Å². The van der Waals surface area contributed by atoms with Gasteiger partial charge in [0.25, 0.3) is 0 Å². The minimum absolute atomic E-state index is 0. The van der Waals surface area contributed by atoms with E-state index in [1.54, 1.807) is 0 Å². The highest BCUT2D eigenvalue weighted by Crippen LogP contribution is 2.40. The van der Waals surface area contributed by atoms with Gasteiger partial charge in [0.05, 0.1) is 6.10 Å². The van der Waals surface area contributed by atoms with Crippen LogP contribution < -0.4 is 0 Å². The molecule has 0 saturated heterocycles. The normalized spacial score (nSPS) is 18.0. The zero-order valence-corrected chi connectivity index (χ0v) is 18.6. The van der Waals surface area contributed by atoms with Gasteiger partial charge in [0, 0.05) is 19.6 Å². The smallest absolute Gasteiger partial charge is 0.123 e. The molecule has 0 amide bonds. The van der Waals surface area contributed by atoms with E-state index in [0.717, 1.165) is 30.5 Å². The van der Waals surface area contributed by atoms with Crippen molar-refractivity contribution in [3.05, 3.63) is 83.7 Å². The zero-order chi connectivity index (χ0) is 20.4. The van der Waals surface area contributed by atoms with Crippen LogP contribution in [0.2, 0.25) is 0 Å². The van der Waals surface area contributed by atoms with Crippen molar-refractivity contribution in [1.82, 2.24) is 4.90 Å². The van der Waals surface area contributed by atoms with Crippen molar-refractivity contribution in [2.24, 2.45) is 5.92 Å². The Morgan fingerprint density at radius 3 is 2.20 bits per heavy atom. The van der Waals surface area contributed by atoms with Gasteiger partial charge < -0.3 is 9.64 Å². The number of hydrogen-bond donors (Lipinski definition) is 0. The van der Waals surface area contributed by atoms with Crippen LogP contribution in [-0.2, 0) is 11.2 Å². The van der Waals surface area contributed by atoms with Crippen molar-refractivity contribution < 1.29 is 9.13 Å². The fourth-order valence-corrected chi connectivity index (χ4v) is 4.61. The number of halogens is 2. The molecule has 1 aliphatic carbocycles. The standard InChI is InChI=1S/C26H28FNO.ClH/c1-28(2)17-21-9-8-20-16-19(12-15-25(20)26(21)29-3)24-7-5-4-6-23(24)18-10-13-22(27)14-11-18;/h4-7,10-16,21,26H,8-9,17H2,1-3H3;1H. The second-order valence-corrected chi connectivity index (χ2v) is 8.18. The molecule has 4 heteroatoms. The van der Waals surface area contributed by atoms with E-state index in [1.165, 1.54) is 34.4 Å². The highest BCUT2D eigenvalue weighted by atomic mass is 35.5. The summed E-state index contributed by atoms with van der Waals surface area (Å²) in [5, 5.41) is 0. The van der Waals surface area contributed by atoms with E-state index in [0.29, 0.717) is 5.92 Å². The number of methoxy groups -OCH3 is 1. The second-order valence-electron chi connectivity index (χ2n) is 8.18. The van der Waals surface area contributed by atoms with Crippen molar-refractivity contribution in [1.29, 1.82) is 0 Å². The summed E-state index contributed by atoms with van der Waals surface area (Å²) < 4.78 is 19.3. The molecular formula is C26H29ClFNO. The SMILES string of the molecule is COC1c2ccc(-c3ccccc3-c3ccc(F)cc3)cc2CCC1CN(C)C.Cl. The molecule has 0 bridgehead atoms. The molecule has 2 unspecified atom stereocenters.